The average Bonchev–Trinajstić information content (AvgIpc) is 2.30. The fourth-order valence-corrected chi connectivity index (χ4v) is 1.95. The molecule has 0 radical (unpaired) electrons. The second-order valence-electron chi connectivity index (χ2n) is 4.10. The molecule has 1 N–H and O–H groups in total. The standard InChI is InChI=1S/C15H17N/c1-12(2)16-15-11-7-6-10-14(15)13-8-4-3-5-9-13/h3-5,7-9,11,16H,1,6,10H2,2H3. The number of hydrogen-bond acceptors (Lipinski definition) is 1. The highest BCUT2D eigenvalue weighted by Gasteiger charge is 2.09. The van der Waals surface area contributed by atoms with Gasteiger partial charge in [-0.1, -0.05) is 43.0 Å². The Bertz CT molecular complexity index is 438. The summed E-state index contributed by atoms with van der Waals surface area (Å²) in [6, 6.07) is 10.5. The monoisotopic (exact) mass is 211 g/mol. The van der Waals surface area contributed by atoms with Gasteiger partial charge in [0, 0.05) is 11.4 Å². The summed E-state index contributed by atoms with van der Waals surface area (Å²) in [7, 11) is 0. The lowest BCUT2D eigenvalue weighted by atomic mass is 9.95. The molecule has 0 fully saturated rings. The summed E-state index contributed by atoms with van der Waals surface area (Å²) in [5, 5.41) is 3.33. The number of benzene rings is 1. The summed E-state index contributed by atoms with van der Waals surface area (Å²) in [5.41, 5.74) is 4.85. The lowest BCUT2D eigenvalue weighted by Crippen LogP contribution is -2.12. The van der Waals surface area contributed by atoms with E-state index >= 15 is 0 Å². The molecule has 16 heavy (non-hydrogen) atoms. The van der Waals surface area contributed by atoms with Crippen LogP contribution in [-0.4, -0.2) is 0 Å². The van der Waals surface area contributed by atoms with Crippen molar-refractivity contribution < 1.29 is 0 Å². The van der Waals surface area contributed by atoms with Gasteiger partial charge in [-0.25, -0.2) is 0 Å². The predicted molar refractivity (Wildman–Crippen MR) is 69.7 cm³/mol. The van der Waals surface area contributed by atoms with E-state index in [-0.39, 0.29) is 0 Å². The zero-order chi connectivity index (χ0) is 11.4. The van der Waals surface area contributed by atoms with Gasteiger partial charge in [-0.3, -0.25) is 0 Å². The van der Waals surface area contributed by atoms with E-state index in [0.717, 1.165) is 18.5 Å². The van der Waals surface area contributed by atoms with Gasteiger partial charge in [-0.2, -0.15) is 0 Å². The van der Waals surface area contributed by atoms with Crippen LogP contribution in [0.25, 0.3) is 5.57 Å². The third-order valence-electron chi connectivity index (χ3n) is 2.64. The lowest BCUT2D eigenvalue weighted by molar-refractivity contribution is 0.951. The molecule has 1 aromatic carbocycles. The van der Waals surface area contributed by atoms with E-state index in [1.807, 2.05) is 6.92 Å². The molecule has 1 nitrogen and oxygen atoms in total. The molecule has 0 aromatic heterocycles. The molecule has 82 valence electrons. The minimum absolute atomic E-state index is 0.981. The van der Waals surface area contributed by atoms with Crippen molar-refractivity contribution in [2.75, 3.05) is 0 Å². The topological polar surface area (TPSA) is 12.0 Å². The minimum atomic E-state index is 0.981. The highest BCUT2D eigenvalue weighted by atomic mass is 14.9. The lowest BCUT2D eigenvalue weighted by Gasteiger charge is -2.18. The van der Waals surface area contributed by atoms with Gasteiger partial charge >= 0.3 is 0 Å². The molecule has 0 saturated heterocycles. The largest absolute Gasteiger partial charge is 0.359 e. The van der Waals surface area contributed by atoms with Crippen LogP contribution < -0.4 is 5.32 Å². The zero-order valence-electron chi connectivity index (χ0n) is 9.66. The Morgan fingerprint density at radius 1 is 1.25 bits per heavy atom. The van der Waals surface area contributed by atoms with Gasteiger partial charge in [0.1, 0.15) is 0 Å². The molecule has 0 saturated carbocycles. The Morgan fingerprint density at radius 3 is 2.69 bits per heavy atom. The third kappa shape index (κ3) is 2.43. The zero-order valence-corrected chi connectivity index (χ0v) is 9.66. The first-order valence-electron chi connectivity index (χ1n) is 5.65. The number of nitrogens with one attached hydrogen (secondary N) is 1. The van der Waals surface area contributed by atoms with Crippen molar-refractivity contribution in [3.63, 3.8) is 0 Å². The molecule has 1 heteroatoms. The Balaban J connectivity index is 2.38. The van der Waals surface area contributed by atoms with Crippen LogP contribution in [0.15, 0.2) is 60.5 Å². The summed E-state index contributed by atoms with van der Waals surface area (Å²) < 4.78 is 0. The first-order chi connectivity index (χ1) is 7.77. The van der Waals surface area contributed by atoms with Gasteiger partial charge in [-0.15, -0.1) is 0 Å². The van der Waals surface area contributed by atoms with Crippen molar-refractivity contribution >= 4 is 5.57 Å². The Hall–Kier alpha value is -1.76. The number of hydrogen-bond donors (Lipinski definition) is 1. The first-order valence-corrected chi connectivity index (χ1v) is 5.65. The fraction of sp³-hybridized carbons (Fsp3) is 0.200. The average molecular weight is 211 g/mol. The third-order valence-corrected chi connectivity index (χ3v) is 2.64. The molecule has 0 spiro atoms. The molecule has 2 rings (SSSR count). The van der Waals surface area contributed by atoms with Crippen molar-refractivity contribution in [2.24, 2.45) is 0 Å². The van der Waals surface area contributed by atoms with Crippen LogP contribution in [0.3, 0.4) is 0 Å². The van der Waals surface area contributed by atoms with Gasteiger partial charge in [0.15, 0.2) is 0 Å². The number of rotatable bonds is 3. The van der Waals surface area contributed by atoms with Crippen LogP contribution in [-0.2, 0) is 0 Å². The molecular weight excluding hydrogens is 194 g/mol. The van der Waals surface area contributed by atoms with Crippen molar-refractivity contribution in [3.05, 3.63) is 66.0 Å². The van der Waals surface area contributed by atoms with E-state index in [2.05, 4.69) is 54.4 Å². The molecule has 0 heterocycles. The van der Waals surface area contributed by atoms with E-state index in [4.69, 9.17) is 0 Å². The summed E-state index contributed by atoms with van der Waals surface area (Å²) in [5.74, 6) is 0. The van der Waals surface area contributed by atoms with Crippen LogP contribution in [0.5, 0.6) is 0 Å². The molecular formula is C15H17N. The molecule has 1 aliphatic rings. The van der Waals surface area contributed by atoms with Gasteiger partial charge in [-0.05, 0) is 37.0 Å². The van der Waals surface area contributed by atoms with Gasteiger partial charge < -0.3 is 5.32 Å². The molecule has 1 aromatic rings. The van der Waals surface area contributed by atoms with E-state index in [9.17, 15) is 0 Å². The van der Waals surface area contributed by atoms with Crippen LogP contribution in [0.4, 0.5) is 0 Å². The van der Waals surface area contributed by atoms with Crippen molar-refractivity contribution in [2.45, 2.75) is 19.8 Å². The van der Waals surface area contributed by atoms with E-state index in [1.54, 1.807) is 0 Å². The second-order valence-corrected chi connectivity index (χ2v) is 4.10. The smallest absolute Gasteiger partial charge is 0.0417 e. The summed E-state index contributed by atoms with van der Waals surface area (Å²) in [6.45, 7) is 5.88. The predicted octanol–water partition coefficient (Wildman–Crippen LogP) is 3.87. The SMILES string of the molecule is C=C(C)NC1=C(c2ccccc2)CCC=C1. The van der Waals surface area contributed by atoms with Gasteiger partial charge in [0.25, 0.3) is 0 Å². The van der Waals surface area contributed by atoms with E-state index < -0.39 is 0 Å². The molecule has 0 atom stereocenters. The summed E-state index contributed by atoms with van der Waals surface area (Å²) >= 11 is 0. The van der Waals surface area contributed by atoms with Crippen LogP contribution in [0.1, 0.15) is 25.3 Å². The number of allylic oxidation sites excluding steroid dienone is 4. The van der Waals surface area contributed by atoms with Crippen LogP contribution in [0, 0.1) is 0 Å². The van der Waals surface area contributed by atoms with Crippen molar-refractivity contribution in [1.29, 1.82) is 0 Å². The molecule has 0 bridgehead atoms. The molecule has 0 aliphatic heterocycles. The molecule has 1 aliphatic carbocycles. The fourth-order valence-electron chi connectivity index (χ4n) is 1.95. The normalized spacial score (nSPS) is 15.1. The maximum atomic E-state index is 3.90. The Kier molecular flexibility index (Phi) is 3.25. The quantitative estimate of drug-likeness (QED) is 0.800. The van der Waals surface area contributed by atoms with Crippen LogP contribution in [0.2, 0.25) is 0 Å². The maximum Gasteiger partial charge on any atom is 0.0417 e. The van der Waals surface area contributed by atoms with Crippen molar-refractivity contribution in [1.82, 2.24) is 5.32 Å². The van der Waals surface area contributed by atoms with Crippen molar-refractivity contribution in [3.8, 4) is 0 Å². The van der Waals surface area contributed by atoms with Gasteiger partial charge in [0.2, 0.25) is 0 Å². The summed E-state index contributed by atoms with van der Waals surface area (Å²) in [4.78, 5) is 0. The first kappa shape index (κ1) is 10.7. The summed E-state index contributed by atoms with van der Waals surface area (Å²) in [6.07, 6.45) is 6.57. The Labute approximate surface area is 97.2 Å². The molecule has 0 amide bonds. The second kappa shape index (κ2) is 4.84. The minimum Gasteiger partial charge on any atom is -0.359 e. The van der Waals surface area contributed by atoms with E-state index in [1.165, 1.54) is 16.8 Å². The van der Waals surface area contributed by atoms with Crippen LogP contribution >= 0.6 is 0 Å². The highest BCUT2D eigenvalue weighted by Crippen LogP contribution is 2.27. The molecule has 0 unspecified atom stereocenters. The maximum absolute atomic E-state index is 3.90. The van der Waals surface area contributed by atoms with E-state index in [0.29, 0.717) is 0 Å². The Morgan fingerprint density at radius 2 is 2.00 bits per heavy atom. The highest BCUT2D eigenvalue weighted by molar-refractivity contribution is 5.71. The van der Waals surface area contributed by atoms with Gasteiger partial charge in [0.05, 0.1) is 0 Å².